The first-order chi connectivity index (χ1) is 12.5. The van der Waals surface area contributed by atoms with Crippen molar-refractivity contribution in [1.82, 2.24) is 0 Å². The molecule has 2 atom stereocenters. The van der Waals surface area contributed by atoms with Crippen LogP contribution in [0.1, 0.15) is 24.2 Å². The molecule has 0 fully saturated rings. The molecule has 2 N–H and O–H groups in total. The van der Waals surface area contributed by atoms with Crippen LogP contribution in [0.3, 0.4) is 0 Å². The summed E-state index contributed by atoms with van der Waals surface area (Å²) in [5.41, 5.74) is 1.34. The minimum Gasteiger partial charge on any atom is -0.504 e. The van der Waals surface area contributed by atoms with Gasteiger partial charge in [-0.3, -0.25) is 4.79 Å². The number of ether oxygens (including phenoxy) is 3. The Kier molecular flexibility index (Phi) is 6.63. The maximum absolute atomic E-state index is 10.5. The zero-order valence-electron chi connectivity index (χ0n) is 14.9. The normalized spacial score (nSPS) is 13.2. The third kappa shape index (κ3) is 4.55. The second-order valence-corrected chi connectivity index (χ2v) is 5.60. The molecule has 0 amide bonds. The number of hydrogen-bond acceptors (Lipinski definition) is 6. The number of aromatic hydroxyl groups is 1. The number of methoxy groups -OCH3 is 2. The number of aldehydes is 1. The average Bonchev–Trinajstić information content (AvgIpc) is 2.66. The standard InChI is InChI=1S/C20H22O6/c1-13(20(23)15-7-8-16(22)18(12-15)24-2)26-17-9-6-14(5-4-10-21)11-19(17)25-3/h4-13,20,22-23H,1-3H3/b5-4+. The number of aliphatic hydroxyl groups excluding tert-OH is 1. The van der Waals surface area contributed by atoms with Crippen LogP contribution >= 0.6 is 0 Å². The molecule has 0 heterocycles. The van der Waals surface area contributed by atoms with Crippen LogP contribution in [0.15, 0.2) is 42.5 Å². The molecule has 0 saturated heterocycles. The van der Waals surface area contributed by atoms with Gasteiger partial charge in [-0.1, -0.05) is 18.2 Å². The highest BCUT2D eigenvalue weighted by Gasteiger charge is 2.21. The van der Waals surface area contributed by atoms with Crippen molar-refractivity contribution in [3.05, 3.63) is 53.6 Å². The van der Waals surface area contributed by atoms with Crippen LogP contribution in [-0.2, 0) is 4.79 Å². The average molecular weight is 358 g/mol. The van der Waals surface area contributed by atoms with Crippen LogP contribution in [0, 0.1) is 0 Å². The number of carbonyl (C=O) groups is 1. The van der Waals surface area contributed by atoms with Gasteiger partial charge in [0, 0.05) is 0 Å². The highest BCUT2D eigenvalue weighted by atomic mass is 16.5. The highest BCUT2D eigenvalue weighted by molar-refractivity contribution is 5.74. The molecule has 0 aliphatic carbocycles. The van der Waals surface area contributed by atoms with Gasteiger partial charge in [0.25, 0.3) is 0 Å². The van der Waals surface area contributed by atoms with Crippen LogP contribution < -0.4 is 14.2 Å². The fourth-order valence-electron chi connectivity index (χ4n) is 2.45. The molecule has 26 heavy (non-hydrogen) atoms. The molecule has 2 rings (SSSR count). The number of phenols is 1. The third-order valence-corrected chi connectivity index (χ3v) is 3.86. The number of allylic oxidation sites excluding steroid dienone is 1. The van der Waals surface area contributed by atoms with E-state index in [9.17, 15) is 15.0 Å². The van der Waals surface area contributed by atoms with Gasteiger partial charge in [-0.2, -0.15) is 0 Å². The topological polar surface area (TPSA) is 85.2 Å². The largest absolute Gasteiger partial charge is 0.504 e. The second kappa shape index (κ2) is 8.92. The molecule has 0 spiro atoms. The fourth-order valence-corrected chi connectivity index (χ4v) is 2.45. The van der Waals surface area contributed by atoms with Crippen molar-refractivity contribution in [2.45, 2.75) is 19.1 Å². The van der Waals surface area contributed by atoms with Gasteiger partial charge in [-0.15, -0.1) is 0 Å². The van der Waals surface area contributed by atoms with Crippen molar-refractivity contribution in [2.24, 2.45) is 0 Å². The van der Waals surface area contributed by atoms with Crippen molar-refractivity contribution in [2.75, 3.05) is 14.2 Å². The maximum atomic E-state index is 10.5. The van der Waals surface area contributed by atoms with Crippen LogP contribution in [0.25, 0.3) is 6.08 Å². The SMILES string of the molecule is COc1cc(C(O)C(C)Oc2ccc(/C=C/C=O)cc2OC)ccc1O. The van der Waals surface area contributed by atoms with Gasteiger partial charge in [0.15, 0.2) is 23.0 Å². The third-order valence-electron chi connectivity index (χ3n) is 3.86. The molecule has 138 valence electrons. The molecule has 0 aliphatic rings. The molecule has 2 unspecified atom stereocenters. The predicted molar refractivity (Wildman–Crippen MR) is 97.8 cm³/mol. The van der Waals surface area contributed by atoms with Gasteiger partial charge in [0.1, 0.15) is 18.5 Å². The van der Waals surface area contributed by atoms with E-state index in [1.165, 1.54) is 26.4 Å². The Morgan fingerprint density at radius 1 is 1.00 bits per heavy atom. The van der Waals surface area contributed by atoms with Crippen LogP contribution in [0.4, 0.5) is 0 Å². The van der Waals surface area contributed by atoms with E-state index >= 15 is 0 Å². The summed E-state index contributed by atoms with van der Waals surface area (Å²) >= 11 is 0. The van der Waals surface area contributed by atoms with E-state index in [4.69, 9.17) is 14.2 Å². The molecule has 0 saturated carbocycles. The summed E-state index contributed by atoms with van der Waals surface area (Å²) < 4.78 is 16.2. The smallest absolute Gasteiger partial charge is 0.161 e. The van der Waals surface area contributed by atoms with Gasteiger partial charge in [-0.05, 0) is 48.4 Å². The lowest BCUT2D eigenvalue weighted by molar-refractivity contribution is -0.104. The Balaban J connectivity index is 2.19. The van der Waals surface area contributed by atoms with Crippen LogP contribution in [0.2, 0.25) is 0 Å². The fraction of sp³-hybridized carbons (Fsp3) is 0.250. The Morgan fingerprint density at radius 2 is 1.73 bits per heavy atom. The molecular formula is C20H22O6. The second-order valence-electron chi connectivity index (χ2n) is 5.60. The molecule has 0 bridgehead atoms. The zero-order valence-corrected chi connectivity index (χ0v) is 14.9. The number of benzene rings is 2. The van der Waals surface area contributed by atoms with E-state index in [-0.39, 0.29) is 11.5 Å². The Labute approximate surface area is 152 Å². The number of aliphatic hydroxyl groups is 1. The van der Waals surface area contributed by atoms with Gasteiger partial charge in [0.2, 0.25) is 0 Å². The summed E-state index contributed by atoms with van der Waals surface area (Å²) in [6.45, 7) is 1.73. The molecule has 0 aliphatic heterocycles. The molecule has 2 aromatic carbocycles. The predicted octanol–water partition coefficient (Wildman–Crippen LogP) is 3.12. The van der Waals surface area contributed by atoms with Crippen molar-refractivity contribution in [1.29, 1.82) is 0 Å². The lowest BCUT2D eigenvalue weighted by Crippen LogP contribution is -2.22. The number of carbonyl (C=O) groups excluding carboxylic acids is 1. The van der Waals surface area contributed by atoms with E-state index < -0.39 is 12.2 Å². The van der Waals surface area contributed by atoms with Gasteiger partial charge < -0.3 is 24.4 Å². The highest BCUT2D eigenvalue weighted by Crippen LogP contribution is 2.34. The first-order valence-electron chi connectivity index (χ1n) is 8.01. The lowest BCUT2D eigenvalue weighted by atomic mass is 10.0. The molecule has 6 nitrogen and oxygen atoms in total. The summed E-state index contributed by atoms with van der Waals surface area (Å²) in [5.74, 6) is 1.23. The summed E-state index contributed by atoms with van der Waals surface area (Å²) in [6.07, 6.45) is 2.21. The summed E-state index contributed by atoms with van der Waals surface area (Å²) in [5, 5.41) is 20.2. The molecule has 6 heteroatoms. The first kappa shape index (κ1) is 19.3. The summed E-state index contributed by atoms with van der Waals surface area (Å²) in [7, 11) is 2.96. The Hall–Kier alpha value is -2.99. The monoisotopic (exact) mass is 358 g/mol. The maximum Gasteiger partial charge on any atom is 0.161 e. The van der Waals surface area contributed by atoms with Crippen molar-refractivity contribution in [3.8, 4) is 23.0 Å². The Morgan fingerprint density at radius 3 is 2.38 bits per heavy atom. The van der Waals surface area contributed by atoms with Gasteiger partial charge >= 0.3 is 0 Å². The van der Waals surface area contributed by atoms with Crippen LogP contribution in [0.5, 0.6) is 23.0 Å². The van der Waals surface area contributed by atoms with E-state index in [0.717, 1.165) is 5.56 Å². The van der Waals surface area contributed by atoms with E-state index in [1.54, 1.807) is 43.3 Å². The number of phenolic OH excluding ortho intramolecular Hbond substituents is 1. The molecule has 0 radical (unpaired) electrons. The minimum absolute atomic E-state index is 0.00217. The van der Waals surface area contributed by atoms with Crippen molar-refractivity contribution < 1.29 is 29.2 Å². The first-order valence-corrected chi connectivity index (χ1v) is 8.01. The number of hydrogen-bond donors (Lipinski definition) is 2. The van der Waals surface area contributed by atoms with Gasteiger partial charge in [0.05, 0.1) is 14.2 Å². The van der Waals surface area contributed by atoms with E-state index in [2.05, 4.69) is 0 Å². The van der Waals surface area contributed by atoms with Crippen LogP contribution in [-0.4, -0.2) is 36.8 Å². The van der Waals surface area contributed by atoms with Crippen molar-refractivity contribution >= 4 is 12.4 Å². The van der Waals surface area contributed by atoms with Crippen molar-refractivity contribution in [3.63, 3.8) is 0 Å². The molecular weight excluding hydrogens is 336 g/mol. The molecule has 0 aromatic heterocycles. The summed E-state index contributed by atoms with van der Waals surface area (Å²) in [6, 6.07) is 9.85. The molecule has 2 aromatic rings. The Bertz CT molecular complexity index is 784. The van der Waals surface area contributed by atoms with Gasteiger partial charge in [-0.25, -0.2) is 0 Å². The summed E-state index contributed by atoms with van der Waals surface area (Å²) in [4.78, 5) is 10.4. The van der Waals surface area contributed by atoms with E-state index in [0.29, 0.717) is 23.3 Å². The lowest BCUT2D eigenvalue weighted by Gasteiger charge is -2.22. The van der Waals surface area contributed by atoms with E-state index in [1.807, 2.05) is 0 Å². The zero-order chi connectivity index (χ0) is 19.1. The minimum atomic E-state index is -0.941. The quantitative estimate of drug-likeness (QED) is 0.557. The number of rotatable bonds is 8.